The zero-order valence-corrected chi connectivity index (χ0v) is 15.7. The van der Waals surface area contributed by atoms with E-state index in [0.717, 1.165) is 18.8 Å². The van der Waals surface area contributed by atoms with E-state index in [2.05, 4.69) is 9.88 Å². The Morgan fingerprint density at radius 3 is 2.36 bits per heavy atom. The van der Waals surface area contributed by atoms with Gasteiger partial charge in [0.15, 0.2) is 0 Å². The largest absolute Gasteiger partial charge is 0.368 e. The van der Waals surface area contributed by atoms with Crippen molar-refractivity contribution < 1.29 is 13.2 Å². The summed E-state index contributed by atoms with van der Waals surface area (Å²) >= 11 is 0. The van der Waals surface area contributed by atoms with E-state index in [1.165, 1.54) is 4.31 Å². The van der Waals surface area contributed by atoms with E-state index in [4.69, 9.17) is 0 Å². The minimum Gasteiger partial charge on any atom is -0.368 e. The van der Waals surface area contributed by atoms with Crippen LogP contribution in [0.25, 0.3) is 0 Å². The zero-order chi connectivity index (χ0) is 18.0. The number of rotatable bonds is 5. The van der Waals surface area contributed by atoms with Crippen LogP contribution in [-0.4, -0.2) is 73.0 Å². The van der Waals surface area contributed by atoms with Gasteiger partial charge in [-0.25, -0.2) is 8.42 Å². The summed E-state index contributed by atoms with van der Waals surface area (Å²) in [6.07, 6.45) is 4.13. The third-order valence-electron chi connectivity index (χ3n) is 5.26. The second kappa shape index (κ2) is 7.29. The number of pyridine rings is 1. The summed E-state index contributed by atoms with van der Waals surface area (Å²) in [4.78, 5) is 20.7. The van der Waals surface area contributed by atoms with Gasteiger partial charge < -0.3 is 9.80 Å². The molecule has 25 heavy (non-hydrogen) atoms. The molecule has 1 aromatic rings. The first kappa shape index (κ1) is 18.1. The van der Waals surface area contributed by atoms with Crippen LogP contribution in [0.1, 0.15) is 20.3 Å². The number of sulfonamides is 1. The van der Waals surface area contributed by atoms with Crippen LogP contribution >= 0.6 is 0 Å². The van der Waals surface area contributed by atoms with Gasteiger partial charge in [-0.15, -0.1) is 0 Å². The fourth-order valence-corrected chi connectivity index (χ4v) is 4.97. The van der Waals surface area contributed by atoms with Gasteiger partial charge in [0.2, 0.25) is 15.9 Å². The van der Waals surface area contributed by atoms with Crippen molar-refractivity contribution in [3.8, 4) is 0 Å². The number of amides is 1. The number of nitrogens with zero attached hydrogens (tertiary/aromatic N) is 4. The van der Waals surface area contributed by atoms with Crippen molar-refractivity contribution in [1.29, 1.82) is 0 Å². The van der Waals surface area contributed by atoms with Crippen molar-refractivity contribution in [3.63, 3.8) is 0 Å². The molecule has 0 bridgehead atoms. The molecule has 0 aliphatic carbocycles. The number of hydrogen-bond donors (Lipinski definition) is 0. The molecule has 2 fully saturated rings. The highest BCUT2D eigenvalue weighted by Gasteiger charge is 2.43. The number of anilines is 1. The maximum atomic E-state index is 12.6. The van der Waals surface area contributed by atoms with E-state index in [1.54, 1.807) is 19.3 Å². The first-order valence-corrected chi connectivity index (χ1v) is 10.4. The standard InChI is InChI=1S/C17H26N4O3S/c1-3-14(2)25(23,24)21-12-15(13-21)17(22)20-10-8-19(9-11-20)16-4-6-18-7-5-16/h4-7,14-15H,3,8-13H2,1-2H3. The fraction of sp³-hybridized carbons (Fsp3) is 0.647. The van der Waals surface area contributed by atoms with Crippen molar-refractivity contribution in [1.82, 2.24) is 14.2 Å². The van der Waals surface area contributed by atoms with Crippen molar-refractivity contribution in [2.75, 3.05) is 44.2 Å². The Kier molecular flexibility index (Phi) is 5.29. The van der Waals surface area contributed by atoms with Gasteiger partial charge in [0.05, 0.1) is 11.2 Å². The highest BCUT2D eigenvalue weighted by molar-refractivity contribution is 7.89. The molecular formula is C17H26N4O3S. The Labute approximate surface area is 149 Å². The molecule has 1 unspecified atom stereocenters. The van der Waals surface area contributed by atoms with Crippen molar-refractivity contribution in [2.45, 2.75) is 25.5 Å². The molecule has 1 amide bonds. The highest BCUT2D eigenvalue weighted by Crippen LogP contribution is 2.26. The SMILES string of the molecule is CCC(C)S(=O)(=O)N1CC(C(=O)N2CCN(c3ccncc3)CC2)C1. The molecule has 8 heteroatoms. The smallest absolute Gasteiger partial charge is 0.228 e. The number of carbonyl (C=O) groups is 1. The third kappa shape index (κ3) is 3.64. The van der Waals surface area contributed by atoms with E-state index in [9.17, 15) is 13.2 Å². The summed E-state index contributed by atoms with van der Waals surface area (Å²) in [6.45, 7) is 7.18. The fourth-order valence-electron chi connectivity index (χ4n) is 3.27. The summed E-state index contributed by atoms with van der Waals surface area (Å²) in [5, 5.41) is -0.382. The van der Waals surface area contributed by atoms with Crippen LogP contribution in [0.3, 0.4) is 0 Å². The van der Waals surface area contributed by atoms with Gasteiger partial charge in [-0.1, -0.05) is 6.92 Å². The second-order valence-corrected chi connectivity index (χ2v) is 9.15. The molecule has 1 atom stereocenters. The maximum Gasteiger partial charge on any atom is 0.228 e. The van der Waals surface area contributed by atoms with Crippen LogP contribution in [0.15, 0.2) is 24.5 Å². The quantitative estimate of drug-likeness (QED) is 0.770. The molecule has 2 aliphatic heterocycles. The minimum absolute atomic E-state index is 0.0879. The zero-order valence-electron chi connectivity index (χ0n) is 14.8. The van der Waals surface area contributed by atoms with E-state index in [0.29, 0.717) is 32.6 Å². The first-order valence-electron chi connectivity index (χ1n) is 8.86. The lowest BCUT2D eigenvalue weighted by Crippen LogP contribution is -2.60. The average molecular weight is 366 g/mol. The van der Waals surface area contributed by atoms with E-state index in [1.807, 2.05) is 24.0 Å². The Morgan fingerprint density at radius 2 is 1.80 bits per heavy atom. The summed E-state index contributed by atoms with van der Waals surface area (Å²) in [6, 6.07) is 3.95. The lowest BCUT2D eigenvalue weighted by Gasteiger charge is -2.43. The molecule has 0 radical (unpaired) electrons. The van der Waals surface area contributed by atoms with Crippen LogP contribution in [0, 0.1) is 5.92 Å². The molecule has 0 aromatic carbocycles. The monoisotopic (exact) mass is 366 g/mol. The Hall–Kier alpha value is -1.67. The van der Waals surface area contributed by atoms with E-state index >= 15 is 0 Å². The third-order valence-corrected chi connectivity index (χ3v) is 7.63. The number of carbonyl (C=O) groups excluding carboxylic acids is 1. The van der Waals surface area contributed by atoms with Gasteiger partial charge >= 0.3 is 0 Å². The first-order chi connectivity index (χ1) is 11.9. The summed E-state index contributed by atoms with van der Waals surface area (Å²) in [5.41, 5.74) is 1.12. The second-order valence-electron chi connectivity index (χ2n) is 6.80. The molecule has 0 saturated carbocycles. The molecule has 3 rings (SSSR count). The van der Waals surface area contributed by atoms with Gasteiger partial charge in [-0.3, -0.25) is 9.78 Å². The van der Waals surface area contributed by atoms with Gasteiger partial charge in [-0.05, 0) is 25.5 Å². The van der Waals surface area contributed by atoms with Crippen molar-refractivity contribution >= 4 is 21.6 Å². The molecule has 0 N–H and O–H groups in total. The number of piperazine rings is 1. The van der Waals surface area contributed by atoms with Gasteiger partial charge in [-0.2, -0.15) is 4.31 Å². The summed E-state index contributed by atoms with van der Waals surface area (Å²) < 4.78 is 26.0. The van der Waals surface area contributed by atoms with Crippen molar-refractivity contribution in [2.24, 2.45) is 5.92 Å². The van der Waals surface area contributed by atoms with Crippen LogP contribution in [-0.2, 0) is 14.8 Å². The molecule has 7 nitrogen and oxygen atoms in total. The van der Waals surface area contributed by atoms with Gasteiger partial charge in [0, 0.05) is 57.3 Å². The lowest BCUT2D eigenvalue weighted by atomic mass is 10.0. The molecule has 1 aromatic heterocycles. The normalized spacial score (nSPS) is 21.0. The molecule has 2 aliphatic rings. The maximum absolute atomic E-state index is 12.6. The average Bonchev–Trinajstić information content (AvgIpc) is 2.60. The summed E-state index contributed by atoms with van der Waals surface area (Å²) in [7, 11) is -3.25. The van der Waals surface area contributed by atoms with Crippen LogP contribution in [0.5, 0.6) is 0 Å². The molecule has 3 heterocycles. The molecule has 138 valence electrons. The molecular weight excluding hydrogens is 340 g/mol. The topological polar surface area (TPSA) is 73.8 Å². The molecule has 0 spiro atoms. The van der Waals surface area contributed by atoms with Crippen LogP contribution < -0.4 is 4.90 Å². The Balaban J connectivity index is 1.50. The molecule has 2 saturated heterocycles. The van der Waals surface area contributed by atoms with Gasteiger partial charge in [0.25, 0.3) is 0 Å². The van der Waals surface area contributed by atoms with Crippen LogP contribution in [0.4, 0.5) is 5.69 Å². The van der Waals surface area contributed by atoms with E-state index < -0.39 is 10.0 Å². The van der Waals surface area contributed by atoms with Crippen molar-refractivity contribution in [3.05, 3.63) is 24.5 Å². The van der Waals surface area contributed by atoms with E-state index in [-0.39, 0.29) is 17.1 Å². The Bertz CT molecular complexity index is 696. The number of aromatic nitrogens is 1. The minimum atomic E-state index is -3.25. The van der Waals surface area contributed by atoms with Crippen LogP contribution in [0.2, 0.25) is 0 Å². The number of hydrogen-bond acceptors (Lipinski definition) is 5. The van der Waals surface area contributed by atoms with Gasteiger partial charge in [0.1, 0.15) is 0 Å². The highest BCUT2D eigenvalue weighted by atomic mass is 32.2. The lowest BCUT2D eigenvalue weighted by molar-refractivity contribution is -0.139. The Morgan fingerprint density at radius 1 is 1.20 bits per heavy atom. The predicted molar refractivity (Wildman–Crippen MR) is 96.8 cm³/mol. The summed E-state index contributed by atoms with van der Waals surface area (Å²) in [5.74, 6) is -0.101. The predicted octanol–water partition coefficient (Wildman–Crippen LogP) is 0.790.